The lowest BCUT2D eigenvalue weighted by atomic mass is 9.97. The molecule has 0 saturated heterocycles. The molecule has 1 aromatic carbocycles. The summed E-state index contributed by atoms with van der Waals surface area (Å²) in [6.07, 6.45) is 3.84. The van der Waals surface area contributed by atoms with Crippen LogP contribution in [0, 0.1) is 0 Å². The third kappa shape index (κ3) is 4.28. The summed E-state index contributed by atoms with van der Waals surface area (Å²) in [4.78, 5) is 22.5. The third-order valence-corrected chi connectivity index (χ3v) is 4.53. The normalized spacial score (nSPS) is 22.7. The highest BCUT2D eigenvalue weighted by molar-refractivity contribution is 8.00. The molecule has 0 heterocycles. The summed E-state index contributed by atoms with van der Waals surface area (Å²) in [7, 11) is 0. The molecule has 0 atom stereocenters. The first kappa shape index (κ1) is 13.9. The van der Waals surface area contributed by atoms with Crippen LogP contribution in [0.5, 0.6) is 0 Å². The molecule has 1 fully saturated rings. The fourth-order valence-corrected chi connectivity index (χ4v) is 3.54. The van der Waals surface area contributed by atoms with Crippen LogP contribution in [-0.4, -0.2) is 23.7 Å². The minimum absolute atomic E-state index is 0.0318. The van der Waals surface area contributed by atoms with Gasteiger partial charge in [0.2, 0.25) is 0 Å². The summed E-state index contributed by atoms with van der Waals surface area (Å²) < 4.78 is 5.01. The van der Waals surface area contributed by atoms with Gasteiger partial charge in [0.25, 0.3) is 0 Å². The van der Waals surface area contributed by atoms with Crippen LogP contribution in [0.2, 0.25) is 0 Å². The summed E-state index contributed by atoms with van der Waals surface area (Å²) in [6.45, 7) is 0. The number of aldehydes is 1. The van der Waals surface area contributed by atoms with Crippen molar-refractivity contribution < 1.29 is 14.3 Å². The molecule has 0 unspecified atom stereocenters. The molecular weight excluding hydrogens is 262 g/mol. The lowest BCUT2D eigenvalue weighted by molar-refractivity contribution is 0.0839. The number of nitrogens with two attached hydrogens (primary N) is 1. The van der Waals surface area contributed by atoms with Gasteiger partial charge < -0.3 is 10.5 Å². The van der Waals surface area contributed by atoms with E-state index < -0.39 is 6.09 Å². The van der Waals surface area contributed by atoms with Gasteiger partial charge in [0, 0.05) is 15.7 Å². The molecule has 0 aliphatic heterocycles. The highest BCUT2D eigenvalue weighted by Gasteiger charge is 2.23. The Hall–Kier alpha value is -1.49. The average Bonchev–Trinajstić information content (AvgIpc) is 2.41. The van der Waals surface area contributed by atoms with Crippen molar-refractivity contribution in [1.82, 2.24) is 0 Å². The third-order valence-electron chi connectivity index (χ3n) is 3.20. The molecule has 0 spiro atoms. The Morgan fingerprint density at radius 2 is 2.05 bits per heavy atom. The van der Waals surface area contributed by atoms with Crippen LogP contribution in [0.4, 0.5) is 4.79 Å². The highest BCUT2D eigenvalue weighted by Crippen LogP contribution is 2.34. The quantitative estimate of drug-likeness (QED) is 0.860. The summed E-state index contributed by atoms with van der Waals surface area (Å²) in [5, 5.41) is 0.509. The summed E-state index contributed by atoms with van der Waals surface area (Å²) >= 11 is 1.78. The van der Waals surface area contributed by atoms with Gasteiger partial charge in [-0.2, -0.15) is 0 Å². The lowest BCUT2D eigenvalue weighted by Crippen LogP contribution is -2.27. The van der Waals surface area contributed by atoms with E-state index in [9.17, 15) is 9.59 Å². The first-order valence-electron chi connectivity index (χ1n) is 6.35. The zero-order valence-corrected chi connectivity index (χ0v) is 11.4. The Kier molecular flexibility index (Phi) is 4.85. The first-order chi connectivity index (χ1) is 9.17. The number of benzene rings is 1. The monoisotopic (exact) mass is 279 g/mol. The standard InChI is InChI=1S/C14H17NO3S/c15-14(17)18-11-4-6-12(7-5-11)19-13-3-1-2-10(8-13)9-16/h1-3,8-9,11-12H,4-7H2,(H2,15,17). The van der Waals surface area contributed by atoms with Crippen LogP contribution in [0.25, 0.3) is 0 Å². The van der Waals surface area contributed by atoms with E-state index in [1.165, 1.54) is 0 Å². The second kappa shape index (κ2) is 6.61. The molecule has 0 radical (unpaired) electrons. The van der Waals surface area contributed by atoms with Crippen molar-refractivity contribution in [1.29, 1.82) is 0 Å². The Morgan fingerprint density at radius 3 is 2.68 bits per heavy atom. The Labute approximate surface area is 116 Å². The molecular formula is C14H17NO3S. The van der Waals surface area contributed by atoms with Crippen molar-refractivity contribution in [2.75, 3.05) is 0 Å². The summed E-state index contributed by atoms with van der Waals surface area (Å²) in [6, 6.07) is 7.62. The van der Waals surface area contributed by atoms with Crippen molar-refractivity contribution in [2.24, 2.45) is 5.73 Å². The van der Waals surface area contributed by atoms with Gasteiger partial charge in [0.1, 0.15) is 12.4 Å². The Balaban J connectivity index is 1.85. The van der Waals surface area contributed by atoms with Crippen molar-refractivity contribution in [2.45, 2.75) is 41.9 Å². The molecule has 1 amide bonds. The minimum atomic E-state index is -0.685. The van der Waals surface area contributed by atoms with Crippen LogP contribution in [-0.2, 0) is 4.74 Å². The molecule has 1 aliphatic carbocycles. The van der Waals surface area contributed by atoms with Gasteiger partial charge in [-0.3, -0.25) is 4.79 Å². The number of amides is 1. The number of ether oxygens (including phenoxy) is 1. The van der Waals surface area contributed by atoms with Gasteiger partial charge in [-0.05, 0) is 37.8 Å². The SMILES string of the molecule is NC(=O)OC1CCC(Sc2cccc(C=O)c2)CC1. The fraction of sp³-hybridized carbons (Fsp3) is 0.429. The van der Waals surface area contributed by atoms with Gasteiger partial charge in [-0.15, -0.1) is 11.8 Å². The van der Waals surface area contributed by atoms with Crippen LogP contribution in [0.3, 0.4) is 0 Å². The molecule has 19 heavy (non-hydrogen) atoms. The van der Waals surface area contributed by atoms with Gasteiger partial charge in [-0.25, -0.2) is 4.79 Å². The molecule has 2 rings (SSSR count). The van der Waals surface area contributed by atoms with Crippen LogP contribution in [0.1, 0.15) is 36.0 Å². The van der Waals surface area contributed by atoms with Crippen molar-refractivity contribution in [3.05, 3.63) is 29.8 Å². The molecule has 0 aromatic heterocycles. The number of carbonyl (C=O) groups is 2. The van der Waals surface area contributed by atoms with E-state index >= 15 is 0 Å². The number of hydrogen-bond donors (Lipinski definition) is 1. The second-order valence-corrected chi connectivity index (χ2v) is 6.02. The molecule has 1 aromatic rings. The van der Waals surface area contributed by atoms with E-state index in [0.717, 1.165) is 36.9 Å². The van der Waals surface area contributed by atoms with Crippen molar-refractivity contribution in [3.63, 3.8) is 0 Å². The minimum Gasteiger partial charge on any atom is -0.446 e. The highest BCUT2D eigenvalue weighted by atomic mass is 32.2. The molecule has 1 aliphatic rings. The summed E-state index contributed by atoms with van der Waals surface area (Å²) in [5.74, 6) is 0. The van der Waals surface area contributed by atoms with E-state index in [1.54, 1.807) is 17.8 Å². The number of rotatable bonds is 4. The van der Waals surface area contributed by atoms with Crippen LogP contribution in [0.15, 0.2) is 29.2 Å². The molecule has 0 bridgehead atoms. The maximum Gasteiger partial charge on any atom is 0.404 e. The largest absolute Gasteiger partial charge is 0.446 e. The number of carbonyl (C=O) groups excluding carboxylic acids is 2. The fourth-order valence-electron chi connectivity index (χ4n) is 2.29. The maximum absolute atomic E-state index is 10.7. The van der Waals surface area contributed by atoms with Crippen molar-refractivity contribution >= 4 is 24.1 Å². The maximum atomic E-state index is 10.7. The van der Waals surface area contributed by atoms with Gasteiger partial charge >= 0.3 is 6.09 Å². The van der Waals surface area contributed by atoms with Crippen molar-refractivity contribution in [3.8, 4) is 0 Å². The Morgan fingerprint density at radius 1 is 1.32 bits per heavy atom. The van der Waals surface area contributed by atoms with E-state index in [-0.39, 0.29) is 6.10 Å². The van der Waals surface area contributed by atoms with Crippen LogP contribution < -0.4 is 5.73 Å². The molecule has 102 valence electrons. The van der Waals surface area contributed by atoms with E-state index in [0.29, 0.717) is 10.8 Å². The van der Waals surface area contributed by atoms with Gasteiger partial charge in [0.15, 0.2) is 0 Å². The smallest absolute Gasteiger partial charge is 0.404 e. The van der Waals surface area contributed by atoms with E-state index in [4.69, 9.17) is 10.5 Å². The second-order valence-electron chi connectivity index (χ2n) is 4.64. The first-order valence-corrected chi connectivity index (χ1v) is 7.23. The summed E-state index contributed by atoms with van der Waals surface area (Å²) in [5.41, 5.74) is 5.72. The Bertz CT molecular complexity index is 456. The predicted molar refractivity (Wildman–Crippen MR) is 74.4 cm³/mol. The average molecular weight is 279 g/mol. The number of hydrogen-bond acceptors (Lipinski definition) is 4. The molecule has 5 heteroatoms. The molecule has 4 nitrogen and oxygen atoms in total. The van der Waals surface area contributed by atoms with Gasteiger partial charge in [-0.1, -0.05) is 12.1 Å². The zero-order valence-electron chi connectivity index (χ0n) is 10.6. The van der Waals surface area contributed by atoms with E-state index in [1.807, 2.05) is 18.2 Å². The van der Waals surface area contributed by atoms with Crippen LogP contribution >= 0.6 is 11.8 Å². The molecule has 1 saturated carbocycles. The molecule has 2 N–H and O–H groups in total. The van der Waals surface area contributed by atoms with Gasteiger partial charge in [0.05, 0.1) is 0 Å². The number of primary amides is 1. The lowest BCUT2D eigenvalue weighted by Gasteiger charge is -2.27. The van der Waals surface area contributed by atoms with E-state index in [2.05, 4.69) is 0 Å². The topological polar surface area (TPSA) is 69.4 Å². The zero-order chi connectivity index (χ0) is 13.7. The predicted octanol–water partition coefficient (Wildman–Crippen LogP) is 3.00. The number of thioether (sulfide) groups is 1.